The van der Waals surface area contributed by atoms with Crippen molar-refractivity contribution in [1.82, 2.24) is 10.4 Å². The fraction of sp³-hybridized carbons (Fsp3) is 0.111. The Morgan fingerprint density at radius 3 is 2.77 bits per heavy atom. The van der Waals surface area contributed by atoms with Gasteiger partial charge in [0.1, 0.15) is 4.88 Å². The van der Waals surface area contributed by atoms with Crippen molar-refractivity contribution in [3.63, 3.8) is 0 Å². The van der Waals surface area contributed by atoms with Crippen LogP contribution in [0.4, 0.5) is 0 Å². The maximum Gasteiger partial charge on any atom is 0.390 e. The van der Waals surface area contributed by atoms with E-state index in [4.69, 9.17) is 0 Å². The van der Waals surface area contributed by atoms with Crippen molar-refractivity contribution < 1.29 is 14.5 Å². The fourth-order valence-corrected chi connectivity index (χ4v) is 3.00. The number of amides is 1. The molecule has 3 rings (SSSR count). The number of benzene rings is 1. The zero-order valence-corrected chi connectivity index (χ0v) is 15.0. The fourth-order valence-electron chi connectivity index (χ4n) is 2.29. The maximum atomic E-state index is 12.0. The number of thiazole rings is 1. The first kappa shape index (κ1) is 17.6. The number of pyridine rings is 1. The van der Waals surface area contributed by atoms with Crippen LogP contribution in [0.25, 0.3) is 5.82 Å². The average Bonchev–Trinajstić information content (AvgIpc) is 2.98. The van der Waals surface area contributed by atoms with E-state index in [1.165, 1.54) is 18.3 Å². The average molecular weight is 368 g/mol. The molecule has 0 saturated heterocycles. The Hall–Kier alpha value is -3.26. The minimum atomic E-state index is -0.602. The standard InChI is InChI=1S/C18H16N4O3S/c1-11-7-8-22(10-12(11)2)16-15(26-18(25)20-16)9-19-21-17(24)13-5-3-4-6-14(13)23/h3-10H,1-2H3,(H2-,19,20,21,23,24,25). The zero-order chi connectivity index (χ0) is 18.7. The monoisotopic (exact) mass is 368 g/mol. The van der Waals surface area contributed by atoms with Crippen LogP contribution in [-0.2, 0) is 0 Å². The molecule has 0 aliphatic heterocycles. The van der Waals surface area contributed by atoms with Crippen LogP contribution >= 0.6 is 11.3 Å². The van der Waals surface area contributed by atoms with Crippen molar-refractivity contribution in [2.45, 2.75) is 13.8 Å². The Morgan fingerprint density at radius 1 is 1.27 bits per heavy atom. The van der Waals surface area contributed by atoms with E-state index in [-0.39, 0.29) is 16.2 Å². The number of hydrogen-bond acceptors (Lipinski definition) is 5. The van der Waals surface area contributed by atoms with Crippen molar-refractivity contribution in [1.29, 1.82) is 0 Å². The first-order valence-electron chi connectivity index (χ1n) is 7.77. The van der Waals surface area contributed by atoms with Crippen molar-refractivity contribution in [2.75, 3.05) is 0 Å². The Bertz CT molecular complexity index is 1050. The first-order chi connectivity index (χ1) is 12.5. The van der Waals surface area contributed by atoms with Crippen LogP contribution in [0.15, 0.2) is 52.6 Å². The van der Waals surface area contributed by atoms with E-state index in [0.717, 1.165) is 22.5 Å². The lowest BCUT2D eigenvalue weighted by Crippen LogP contribution is -2.32. The summed E-state index contributed by atoms with van der Waals surface area (Å²) in [5.74, 6) is -0.418. The molecule has 2 aromatic heterocycles. The van der Waals surface area contributed by atoms with Gasteiger partial charge in [-0.1, -0.05) is 30.0 Å². The number of aryl methyl sites for hydroxylation is 2. The summed E-state index contributed by atoms with van der Waals surface area (Å²) in [6.07, 6.45) is 5.12. The maximum absolute atomic E-state index is 12.0. The number of nitrogens with zero attached hydrogens (tertiary/aromatic N) is 2. The van der Waals surface area contributed by atoms with Crippen molar-refractivity contribution >= 4 is 23.5 Å². The number of para-hydroxylation sites is 1. The molecule has 0 aliphatic rings. The highest BCUT2D eigenvalue weighted by Gasteiger charge is 2.16. The molecule has 26 heavy (non-hydrogen) atoms. The van der Waals surface area contributed by atoms with Gasteiger partial charge in [0.15, 0.2) is 0 Å². The van der Waals surface area contributed by atoms with Gasteiger partial charge in [-0.2, -0.15) is 10.1 Å². The van der Waals surface area contributed by atoms with Crippen molar-refractivity contribution in [2.24, 2.45) is 5.10 Å². The summed E-state index contributed by atoms with van der Waals surface area (Å²) in [7, 11) is 0. The van der Waals surface area contributed by atoms with Crippen LogP contribution in [0.2, 0.25) is 0 Å². The molecule has 0 aliphatic carbocycles. The second kappa shape index (κ2) is 7.32. The molecule has 0 radical (unpaired) electrons. The molecule has 1 amide bonds. The molecule has 7 nitrogen and oxygen atoms in total. The molecule has 2 heterocycles. The lowest BCUT2D eigenvalue weighted by Gasteiger charge is -2.10. The van der Waals surface area contributed by atoms with E-state index in [1.54, 1.807) is 16.7 Å². The van der Waals surface area contributed by atoms with Gasteiger partial charge < -0.3 is 5.11 Å². The predicted molar refractivity (Wildman–Crippen MR) is 96.9 cm³/mol. The highest BCUT2D eigenvalue weighted by molar-refractivity contribution is 7.11. The second-order valence-corrected chi connectivity index (χ2v) is 6.66. The minimum Gasteiger partial charge on any atom is -0.872 e. The van der Waals surface area contributed by atoms with Gasteiger partial charge in [-0.3, -0.25) is 4.79 Å². The normalized spacial score (nSPS) is 11.0. The third-order valence-corrected chi connectivity index (χ3v) is 4.64. The minimum absolute atomic E-state index is 0.00987. The Balaban J connectivity index is 1.83. The lowest BCUT2D eigenvalue weighted by molar-refractivity contribution is -0.599. The van der Waals surface area contributed by atoms with Crippen LogP contribution in [-0.4, -0.2) is 17.1 Å². The number of H-pyrrole nitrogens is 1. The molecular weight excluding hydrogens is 352 g/mol. The molecule has 0 saturated carbocycles. The van der Waals surface area contributed by atoms with Crippen LogP contribution in [0, 0.1) is 13.8 Å². The molecule has 8 heteroatoms. The Labute approximate surface area is 153 Å². The van der Waals surface area contributed by atoms with Gasteiger partial charge in [0, 0.05) is 5.56 Å². The molecule has 0 fully saturated rings. The molecule has 132 valence electrons. The number of carbonyl (C=O) groups is 1. The van der Waals surface area contributed by atoms with E-state index in [2.05, 4.69) is 15.5 Å². The highest BCUT2D eigenvalue weighted by Crippen LogP contribution is 2.12. The van der Waals surface area contributed by atoms with Crippen molar-refractivity contribution in [3.05, 3.63) is 74.0 Å². The largest absolute Gasteiger partial charge is 0.872 e. The van der Waals surface area contributed by atoms with Gasteiger partial charge in [0.05, 0.1) is 18.6 Å². The smallest absolute Gasteiger partial charge is 0.390 e. The molecule has 0 bridgehead atoms. The van der Waals surface area contributed by atoms with Crippen molar-refractivity contribution in [3.8, 4) is 11.6 Å². The van der Waals surface area contributed by atoms with E-state index < -0.39 is 5.91 Å². The van der Waals surface area contributed by atoms with Gasteiger partial charge in [0.25, 0.3) is 5.91 Å². The number of nitrogens with one attached hydrogen (secondary N) is 2. The van der Waals surface area contributed by atoms with Gasteiger partial charge in [-0.25, -0.2) is 14.8 Å². The van der Waals surface area contributed by atoms with Gasteiger partial charge in [0.2, 0.25) is 0 Å². The van der Waals surface area contributed by atoms with Crippen LogP contribution in [0.1, 0.15) is 26.4 Å². The summed E-state index contributed by atoms with van der Waals surface area (Å²) in [6, 6.07) is 7.85. The summed E-state index contributed by atoms with van der Waals surface area (Å²) < 4.78 is 1.79. The summed E-state index contributed by atoms with van der Waals surface area (Å²) in [5.41, 5.74) is 4.53. The molecule has 3 aromatic rings. The number of hydrogen-bond donors (Lipinski definition) is 2. The molecule has 2 N–H and O–H groups in total. The van der Waals surface area contributed by atoms with E-state index >= 15 is 0 Å². The molecule has 0 unspecified atom stereocenters. The second-order valence-electron chi connectivity index (χ2n) is 5.64. The molecule has 0 spiro atoms. The summed E-state index contributed by atoms with van der Waals surface area (Å²) in [4.78, 5) is 26.8. The van der Waals surface area contributed by atoms with Crippen LogP contribution < -0.4 is 20.0 Å². The van der Waals surface area contributed by atoms with Gasteiger partial charge >= 0.3 is 10.7 Å². The zero-order valence-electron chi connectivity index (χ0n) is 14.1. The predicted octanol–water partition coefficient (Wildman–Crippen LogP) is 1.17. The number of hydrazone groups is 1. The van der Waals surface area contributed by atoms with E-state index in [1.807, 2.05) is 32.3 Å². The third kappa shape index (κ3) is 3.70. The number of aromatic nitrogens is 2. The number of carbonyl (C=O) groups excluding carboxylic acids is 1. The molecule has 1 aromatic carbocycles. The van der Waals surface area contributed by atoms with E-state index in [9.17, 15) is 14.7 Å². The van der Waals surface area contributed by atoms with Crippen LogP contribution in [0.3, 0.4) is 0 Å². The summed E-state index contributed by atoms with van der Waals surface area (Å²) in [5, 5.41) is 15.5. The number of rotatable bonds is 4. The summed E-state index contributed by atoms with van der Waals surface area (Å²) in [6.45, 7) is 3.98. The summed E-state index contributed by atoms with van der Waals surface area (Å²) >= 11 is 0.976. The molecular formula is C18H16N4O3S. The SMILES string of the molecule is Cc1cc[n+](-c2[nH]c(=O)sc2/C=N/NC(=O)c2ccccc2[O-])cc1C. The van der Waals surface area contributed by atoms with Crippen LogP contribution in [0.5, 0.6) is 5.75 Å². The first-order valence-corrected chi connectivity index (χ1v) is 8.59. The number of aromatic amines is 1. The van der Waals surface area contributed by atoms with Gasteiger partial charge in [-0.05, 0) is 42.4 Å². The highest BCUT2D eigenvalue weighted by atomic mass is 32.1. The topological polar surface area (TPSA) is 101 Å². The quantitative estimate of drug-likeness (QED) is 0.410. The molecule has 0 atom stereocenters. The Morgan fingerprint density at radius 2 is 2.04 bits per heavy atom. The van der Waals surface area contributed by atoms with Gasteiger partial charge in [-0.15, -0.1) is 0 Å². The lowest BCUT2D eigenvalue weighted by atomic mass is 10.2. The third-order valence-electron chi connectivity index (χ3n) is 3.83. The van der Waals surface area contributed by atoms with E-state index in [0.29, 0.717) is 10.7 Å². The Kier molecular flexibility index (Phi) is 4.94.